The maximum atomic E-state index is 12.5. The van der Waals surface area contributed by atoms with Gasteiger partial charge in [0.1, 0.15) is 5.75 Å². The molecule has 0 radical (unpaired) electrons. The average Bonchev–Trinajstić information content (AvgIpc) is 3.31. The van der Waals surface area contributed by atoms with Crippen LogP contribution >= 0.6 is 27.7 Å². The Kier molecular flexibility index (Phi) is 5.07. The molecule has 1 atom stereocenters. The van der Waals surface area contributed by atoms with Crippen LogP contribution in [0.2, 0.25) is 0 Å². The van der Waals surface area contributed by atoms with Crippen molar-refractivity contribution in [1.29, 1.82) is 5.26 Å². The third kappa shape index (κ3) is 3.14. The van der Waals surface area contributed by atoms with Gasteiger partial charge >= 0.3 is 0 Å². The molecule has 6 heteroatoms. The minimum absolute atomic E-state index is 0.121. The molecule has 1 aliphatic carbocycles. The highest BCUT2D eigenvalue weighted by Gasteiger charge is 2.39. The number of hydrogen-bond donors (Lipinski definition) is 0. The minimum Gasteiger partial charge on any atom is -0.494 e. The zero-order chi connectivity index (χ0) is 15.6. The minimum atomic E-state index is -1.22. The van der Waals surface area contributed by atoms with E-state index in [-0.39, 0.29) is 11.7 Å². The van der Waals surface area contributed by atoms with Gasteiger partial charge in [0.2, 0.25) is 0 Å². The fourth-order valence-electron chi connectivity index (χ4n) is 2.09. The second-order valence-corrected chi connectivity index (χ2v) is 6.41. The highest BCUT2D eigenvalue weighted by atomic mass is 79.9. The molecule has 110 valence electrons. The fourth-order valence-corrected chi connectivity index (χ4v) is 3.50. The number of nitrogens with zero attached hydrogens (tertiary/aromatic N) is 1. The van der Waals surface area contributed by atoms with Crippen LogP contribution in [0.1, 0.15) is 23.2 Å². The van der Waals surface area contributed by atoms with E-state index in [1.165, 1.54) is 18.9 Å². The standard InChI is InChI=1S/C15H14BrNO3S/c1-20-15-11(21-2)6-5-9(12(15)16)14(19)10(7-17)13(18)8-3-4-8/h5-6,8,10H,3-4H2,1-2H3. The average molecular weight is 368 g/mol. The molecule has 4 nitrogen and oxygen atoms in total. The molecule has 21 heavy (non-hydrogen) atoms. The number of carbonyl (C=O) groups is 2. The van der Waals surface area contributed by atoms with Crippen molar-refractivity contribution >= 4 is 39.3 Å². The van der Waals surface area contributed by atoms with Crippen LogP contribution in [0.3, 0.4) is 0 Å². The van der Waals surface area contributed by atoms with Crippen molar-refractivity contribution in [2.75, 3.05) is 13.4 Å². The molecular formula is C15H14BrNO3S. The Bertz CT molecular complexity index is 635. The Labute approximate surface area is 136 Å². The molecule has 2 rings (SSSR count). The molecule has 1 aliphatic rings. The first kappa shape index (κ1) is 16.1. The molecule has 1 unspecified atom stereocenters. The first-order chi connectivity index (χ1) is 10.0. The van der Waals surface area contributed by atoms with Crippen molar-refractivity contribution in [3.63, 3.8) is 0 Å². The quantitative estimate of drug-likeness (QED) is 0.437. The summed E-state index contributed by atoms with van der Waals surface area (Å²) in [6, 6.07) is 5.24. The summed E-state index contributed by atoms with van der Waals surface area (Å²) in [5.74, 6) is -1.53. The molecule has 1 saturated carbocycles. The monoisotopic (exact) mass is 367 g/mol. The second-order valence-electron chi connectivity index (χ2n) is 4.77. The number of hydrogen-bond acceptors (Lipinski definition) is 5. The lowest BCUT2D eigenvalue weighted by Gasteiger charge is -2.13. The van der Waals surface area contributed by atoms with Gasteiger partial charge in [0, 0.05) is 11.5 Å². The summed E-state index contributed by atoms with van der Waals surface area (Å²) < 4.78 is 5.80. The molecule has 0 bridgehead atoms. The number of halogens is 1. The summed E-state index contributed by atoms with van der Waals surface area (Å²) in [4.78, 5) is 25.4. The van der Waals surface area contributed by atoms with Gasteiger partial charge in [-0.25, -0.2) is 0 Å². The Morgan fingerprint density at radius 3 is 2.62 bits per heavy atom. The Balaban J connectivity index is 2.38. The van der Waals surface area contributed by atoms with Crippen LogP contribution < -0.4 is 4.74 Å². The maximum Gasteiger partial charge on any atom is 0.188 e. The maximum absolute atomic E-state index is 12.5. The molecule has 0 aliphatic heterocycles. The van der Waals surface area contributed by atoms with Gasteiger partial charge in [-0.15, -0.1) is 11.8 Å². The van der Waals surface area contributed by atoms with Crippen LogP contribution in [-0.2, 0) is 4.79 Å². The number of ether oxygens (including phenoxy) is 1. The van der Waals surface area contributed by atoms with E-state index in [4.69, 9.17) is 4.74 Å². The highest BCUT2D eigenvalue weighted by Crippen LogP contribution is 2.39. The number of thioether (sulfide) groups is 1. The predicted octanol–water partition coefficient (Wildman–Crippen LogP) is 3.48. The van der Waals surface area contributed by atoms with Crippen LogP contribution in [0.25, 0.3) is 0 Å². The highest BCUT2D eigenvalue weighted by molar-refractivity contribution is 9.10. The van der Waals surface area contributed by atoms with Gasteiger partial charge in [0.25, 0.3) is 0 Å². The summed E-state index contributed by atoms with van der Waals surface area (Å²) in [7, 11) is 1.52. The van der Waals surface area contributed by atoms with Crippen molar-refractivity contribution in [2.24, 2.45) is 11.8 Å². The fraction of sp³-hybridized carbons (Fsp3) is 0.400. The van der Waals surface area contributed by atoms with Gasteiger partial charge in [-0.3, -0.25) is 9.59 Å². The number of methoxy groups -OCH3 is 1. The number of rotatable bonds is 6. The molecule has 0 amide bonds. The molecule has 0 spiro atoms. The van der Waals surface area contributed by atoms with E-state index in [2.05, 4.69) is 15.9 Å². The number of Topliss-reactive ketones (excluding diaryl/α,β-unsaturated/α-hetero) is 2. The van der Waals surface area contributed by atoms with Crippen LogP contribution in [0.4, 0.5) is 0 Å². The van der Waals surface area contributed by atoms with Gasteiger partial charge in [0.15, 0.2) is 17.5 Å². The van der Waals surface area contributed by atoms with E-state index < -0.39 is 11.7 Å². The van der Waals surface area contributed by atoms with Gasteiger partial charge in [-0.2, -0.15) is 5.26 Å². The van der Waals surface area contributed by atoms with Crippen LogP contribution in [-0.4, -0.2) is 24.9 Å². The zero-order valence-electron chi connectivity index (χ0n) is 11.7. The van der Waals surface area contributed by atoms with E-state index in [0.29, 0.717) is 15.8 Å². The topological polar surface area (TPSA) is 67.2 Å². The predicted molar refractivity (Wildman–Crippen MR) is 83.6 cm³/mol. The van der Waals surface area contributed by atoms with Gasteiger partial charge in [0.05, 0.1) is 22.5 Å². The second kappa shape index (κ2) is 6.63. The number of ketones is 2. The first-order valence-electron chi connectivity index (χ1n) is 6.43. The SMILES string of the molecule is COc1c(SC)ccc(C(=O)C(C#N)C(=O)C2CC2)c1Br. The Morgan fingerprint density at radius 2 is 2.14 bits per heavy atom. The smallest absolute Gasteiger partial charge is 0.188 e. The van der Waals surface area contributed by atoms with E-state index in [0.717, 1.165) is 17.7 Å². The third-order valence-corrected chi connectivity index (χ3v) is 4.95. The van der Waals surface area contributed by atoms with E-state index >= 15 is 0 Å². The van der Waals surface area contributed by atoms with E-state index in [1.54, 1.807) is 12.1 Å². The molecule has 0 heterocycles. The number of benzene rings is 1. The molecule has 0 saturated heterocycles. The van der Waals surface area contributed by atoms with Crippen molar-refractivity contribution in [3.05, 3.63) is 22.2 Å². The van der Waals surface area contributed by atoms with Crippen LogP contribution in [0.5, 0.6) is 5.75 Å². The normalized spacial score (nSPS) is 15.1. The number of nitriles is 1. The molecule has 0 aromatic heterocycles. The zero-order valence-corrected chi connectivity index (χ0v) is 14.1. The Morgan fingerprint density at radius 1 is 1.48 bits per heavy atom. The third-order valence-electron chi connectivity index (χ3n) is 3.41. The Hall–Kier alpha value is -1.32. The lowest BCUT2D eigenvalue weighted by molar-refractivity contribution is -0.121. The summed E-state index contributed by atoms with van der Waals surface area (Å²) >= 11 is 4.84. The molecule has 1 fully saturated rings. The first-order valence-corrected chi connectivity index (χ1v) is 8.45. The van der Waals surface area contributed by atoms with Crippen molar-refractivity contribution in [3.8, 4) is 11.8 Å². The van der Waals surface area contributed by atoms with Crippen LogP contribution in [0, 0.1) is 23.2 Å². The molecule has 1 aromatic carbocycles. The van der Waals surface area contributed by atoms with Crippen LogP contribution in [0.15, 0.2) is 21.5 Å². The summed E-state index contributed by atoms with van der Waals surface area (Å²) in [5.41, 5.74) is 0.310. The van der Waals surface area contributed by atoms with Gasteiger partial charge in [-0.1, -0.05) is 0 Å². The summed E-state index contributed by atoms with van der Waals surface area (Å²) in [5, 5.41) is 9.18. The van der Waals surface area contributed by atoms with E-state index in [1.807, 2.05) is 12.3 Å². The van der Waals surface area contributed by atoms with Crippen molar-refractivity contribution < 1.29 is 14.3 Å². The molecule has 1 aromatic rings. The number of carbonyl (C=O) groups excluding carboxylic acids is 2. The van der Waals surface area contributed by atoms with Crippen molar-refractivity contribution in [2.45, 2.75) is 17.7 Å². The summed E-state index contributed by atoms with van der Waals surface area (Å²) in [6.45, 7) is 0. The summed E-state index contributed by atoms with van der Waals surface area (Å²) in [6.07, 6.45) is 3.46. The largest absolute Gasteiger partial charge is 0.494 e. The van der Waals surface area contributed by atoms with Crippen molar-refractivity contribution in [1.82, 2.24) is 0 Å². The molecule has 0 N–H and O–H groups in total. The lowest BCUT2D eigenvalue weighted by Crippen LogP contribution is -2.24. The molecular weight excluding hydrogens is 354 g/mol. The van der Waals surface area contributed by atoms with E-state index in [9.17, 15) is 14.9 Å². The van der Waals surface area contributed by atoms with Gasteiger partial charge in [-0.05, 0) is 47.2 Å². The van der Waals surface area contributed by atoms with Gasteiger partial charge < -0.3 is 4.74 Å². The lowest BCUT2D eigenvalue weighted by atomic mass is 9.92.